The highest BCUT2D eigenvalue weighted by Gasteiger charge is 2.21. The number of aromatic nitrogens is 1. The minimum absolute atomic E-state index is 0. The van der Waals surface area contributed by atoms with Crippen molar-refractivity contribution in [3.05, 3.63) is 29.6 Å². The van der Waals surface area contributed by atoms with Crippen LogP contribution >= 0.6 is 12.4 Å². The zero-order valence-corrected chi connectivity index (χ0v) is 12.2. The van der Waals surface area contributed by atoms with Gasteiger partial charge in [-0.15, -0.1) is 12.4 Å². The largest absolute Gasteiger partial charge is 0.315 e. The molecule has 18 heavy (non-hydrogen) atoms. The minimum Gasteiger partial charge on any atom is -0.315 e. The van der Waals surface area contributed by atoms with Crippen molar-refractivity contribution in [1.82, 2.24) is 15.2 Å². The van der Waals surface area contributed by atoms with Gasteiger partial charge in [-0.2, -0.15) is 0 Å². The molecule has 0 aromatic carbocycles. The molecule has 1 aromatic heterocycles. The van der Waals surface area contributed by atoms with Crippen molar-refractivity contribution in [2.75, 3.05) is 19.6 Å². The summed E-state index contributed by atoms with van der Waals surface area (Å²) in [4.78, 5) is 6.98. The number of hydrogen-bond acceptors (Lipinski definition) is 3. The molecular weight excluding hydrogens is 246 g/mol. The second kappa shape index (κ2) is 7.72. The Kier molecular flexibility index (Phi) is 6.61. The average molecular weight is 270 g/mol. The number of hydrogen-bond donors (Lipinski definition) is 1. The van der Waals surface area contributed by atoms with Gasteiger partial charge in [0.05, 0.1) is 0 Å². The molecule has 0 bridgehead atoms. The smallest absolute Gasteiger partial charge is 0.0417 e. The summed E-state index contributed by atoms with van der Waals surface area (Å²) in [6, 6.07) is 4.95. The van der Waals surface area contributed by atoms with Gasteiger partial charge >= 0.3 is 0 Å². The first kappa shape index (κ1) is 15.4. The summed E-state index contributed by atoms with van der Waals surface area (Å²) in [6.07, 6.45) is 4.37. The molecule has 0 saturated carbocycles. The van der Waals surface area contributed by atoms with Crippen molar-refractivity contribution in [1.29, 1.82) is 0 Å². The second-order valence-corrected chi connectivity index (χ2v) is 4.87. The lowest BCUT2D eigenvalue weighted by atomic mass is 10.1. The SMILES string of the molecule is CCCN(Cc1cccnc1C)C1CCNC1.Cl. The van der Waals surface area contributed by atoms with Gasteiger partial charge in [0.2, 0.25) is 0 Å². The van der Waals surface area contributed by atoms with Crippen LogP contribution in [0.2, 0.25) is 0 Å². The summed E-state index contributed by atoms with van der Waals surface area (Å²) in [5.41, 5.74) is 2.53. The lowest BCUT2D eigenvalue weighted by molar-refractivity contribution is 0.199. The van der Waals surface area contributed by atoms with Crippen molar-refractivity contribution in [2.24, 2.45) is 0 Å². The fraction of sp³-hybridized carbons (Fsp3) is 0.643. The first-order valence-corrected chi connectivity index (χ1v) is 6.66. The van der Waals surface area contributed by atoms with E-state index in [2.05, 4.69) is 35.1 Å². The van der Waals surface area contributed by atoms with Crippen molar-refractivity contribution < 1.29 is 0 Å². The van der Waals surface area contributed by atoms with E-state index < -0.39 is 0 Å². The summed E-state index contributed by atoms with van der Waals surface area (Å²) in [7, 11) is 0. The molecule has 1 aliphatic heterocycles. The van der Waals surface area contributed by atoms with Gasteiger partial charge in [-0.3, -0.25) is 9.88 Å². The summed E-state index contributed by atoms with van der Waals surface area (Å²) >= 11 is 0. The van der Waals surface area contributed by atoms with Crippen LogP contribution in [0.3, 0.4) is 0 Å². The molecule has 1 unspecified atom stereocenters. The Labute approximate surface area is 116 Å². The second-order valence-electron chi connectivity index (χ2n) is 4.87. The number of pyridine rings is 1. The summed E-state index contributed by atoms with van der Waals surface area (Å²) in [6.45, 7) is 8.88. The van der Waals surface area contributed by atoms with Crippen molar-refractivity contribution >= 4 is 12.4 Å². The summed E-state index contributed by atoms with van der Waals surface area (Å²) < 4.78 is 0. The first-order chi connectivity index (χ1) is 8.31. The Balaban J connectivity index is 0.00000162. The minimum atomic E-state index is 0. The van der Waals surface area contributed by atoms with Gasteiger partial charge < -0.3 is 5.32 Å². The summed E-state index contributed by atoms with van der Waals surface area (Å²) in [5, 5.41) is 3.45. The third kappa shape index (κ3) is 3.94. The van der Waals surface area contributed by atoms with Gasteiger partial charge in [0.25, 0.3) is 0 Å². The monoisotopic (exact) mass is 269 g/mol. The van der Waals surface area contributed by atoms with E-state index in [0.717, 1.165) is 19.6 Å². The zero-order valence-electron chi connectivity index (χ0n) is 11.4. The zero-order chi connectivity index (χ0) is 12.1. The number of aryl methyl sites for hydroxylation is 1. The molecule has 2 heterocycles. The van der Waals surface area contributed by atoms with E-state index >= 15 is 0 Å². The number of rotatable bonds is 5. The number of nitrogens with zero attached hydrogens (tertiary/aromatic N) is 2. The van der Waals surface area contributed by atoms with Gasteiger partial charge in [0, 0.05) is 31.0 Å². The Bertz CT molecular complexity index is 351. The quantitative estimate of drug-likeness (QED) is 0.890. The molecule has 1 N–H and O–H groups in total. The molecule has 2 rings (SSSR count). The molecule has 0 amide bonds. The predicted octanol–water partition coefficient (Wildman–Crippen LogP) is 2.39. The molecule has 1 atom stereocenters. The van der Waals surface area contributed by atoms with Gasteiger partial charge in [0.1, 0.15) is 0 Å². The van der Waals surface area contributed by atoms with Crippen LogP contribution in [0, 0.1) is 6.92 Å². The number of halogens is 1. The van der Waals surface area contributed by atoms with Crippen LogP contribution in [0.15, 0.2) is 18.3 Å². The molecule has 0 spiro atoms. The van der Waals surface area contributed by atoms with Crippen molar-refractivity contribution in [3.63, 3.8) is 0 Å². The van der Waals surface area contributed by atoms with Crippen LogP contribution in [0.1, 0.15) is 31.0 Å². The molecule has 0 aliphatic carbocycles. The van der Waals surface area contributed by atoms with Gasteiger partial charge in [-0.1, -0.05) is 13.0 Å². The van der Waals surface area contributed by atoms with Crippen LogP contribution in [0.5, 0.6) is 0 Å². The lowest BCUT2D eigenvalue weighted by Crippen LogP contribution is -2.37. The lowest BCUT2D eigenvalue weighted by Gasteiger charge is -2.28. The molecule has 3 nitrogen and oxygen atoms in total. The van der Waals surface area contributed by atoms with E-state index in [1.807, 2.05) is 12.3 Å². The maximum absolute atomic E-state index is 4.38. The highest BCUT2D eigenvalue weighted by atomic mass is 35.5. The van der Waals surface area contributed by atoms with Gasteiger partial charge in [0.15, 0.2) is 0 Å². The molecule has 102 valence electrons. The third-order valence-corrected chi connectivity index (χ3v) is 3.55. The fourth-order valence-electron chi connectivity index (χ4n) is 2.53. The van der Waals surface area contributed by atoms with Gasteiger partial charge in [-0.05, 0) is 44.5 Å². The van der Waals surface area contributed by atoms with Crippen LogP contribution in [-0.2, 0) is 6.54 Å². The Morgan fingerprint density at radius 1 is 1.50 bits per heavy atom. The number of nitrogens with one attached hydrogen (secondary N) is 1. The van der Waals surface area contributed by atoms with E-state index in [-0.39, 0.29) is 12.4 Å². The molecule has 1 saturated heterocycles. The molecular formula is C14H24ClN3. The van der Waals surface area contributed by atoms with E-state index in [9.17, 15) is 0 Å². The highest BCUT2D eigenvalue weighted by Crippen LogP contribution is 2.15. The van der Waals surface area contributed by atoms with Crippen LogP contribution in [-0.4, -0.2) is 35.6 Å². The normalized spacial score (nSPS) is 18.9. The van der Waals surface area contributed by atoms with Crippen molar-refractivity contribution in [2.45, 2.75) is 39.3 Å². The van der Waals surface area contributed by atoms with Crippen LogP contribution in [0.4, 0.5) is 0 Å². The molecule has 1 fully saturated rings. The topological polar surface area (TPSA) is 28.2 Å². The molecule has 0 radical (unpaired) electrons. The van der Waals surface area contributed by atoms with E-state index in [1.54, 1.807) is 0 Å². The van der Waals surface area contributed by atoms with Crippen molar-refractivity contribution in [3.8, 4) is 0 Å². The van der Waals surface area contributed by atoms with Crippen LogP contribution in [0.25, 0.3) is 0 Å². The standard InChI is InChI=1S/C14H23N3.ClH/c1-3-9-17(14-6-8-15-10-14)11-13-5-4-7-16-12(13)2;/h4-5,7,14-15H,3,6,8-11H2,1-2H3;1H. The fourth-order valence-corrected chi connectivity index (χ4v) is 2.53. The Morgan fingerprint density at radius 3 is 2.94 bits per heavy atom. The predicted molar refractivity (Wildman–Crippen MR) is 78.2 cm³/mol. The highest BCUT2D eigenvalue weighted by molar-refractivity contribution is 5.85. The first-order valence-electron chi connectivity index (χ1n) is 6.66. The molecule has 4 heteroatoms. The van der Waals surface area contributed by atoms with Gasteiger partial charge in [-0.25, -0.2) is 0 Å². The Hall–Kier alpha value is -0.640. The van der Waals surface area contributed by atoms with E-state index in [1.165, 1.54) is 30.6 Å². The average Bonchev–Trinajstić information content (AvgIpc) is 2.85. The van der Waals surface area contributed by atoms with Crippen LogP contribution < -0.4 is 5.32 Å². The summed E-state index contributed by atoms with van der Waals surface area (Å²) in [5.74, 6) is 0. The Morgan fingerprint density at radius 2 is 2.33 bits per heavy atom. The van der Waals surface area contributed by atoms with E-state index in [4.69, 9.17) is 0 Å². The molecule has 1 aliphatic rings. The third-order valence-electron chi connectivity index (χ3n) is 3.55. The maximum Gasteiger partial charge on any atom is 0.0417 e. The van der Waals surface area contributed by atoms with E-state index in [0.29, 0.717) is 6.04 Å². The molecule has 1 aromatic rings. The maximum atomic E-state index is 4.38.